The van der Waals surface area contributed by atoms with Crippen molar-refractivity contribution in [1.82, 2.24) is 14.7 Å². The van der Waals surface area contributed by atoms with Crippen LogP contribution in [-0.2, 0) is 31.2 Å². The second-order valence-corrected chi connectivity index (χ2v) is 6.39. The molecule has 0 aromatic carbocycles. The molecule has 0 bridgehead atoms. The van der Waals surface area contributed by atoms with E-state index in [2.05, 4.69) is 12.0 Å². The average molecular weight is 305 g/mol. The molecule has 3 heterocycles. The maximum absolute atomic E-state index is 11.7. The molecule has 0 amide bonds. The monoisotopic (exact) mass is 305 g/mol. The number of aromatic nitrogens is 2. The lowest BCUT2D eigenvalue weighted by atomic mass is 9.99. The van der Waals surface area contributed by atoms with E-state index in [-0.39, 0.29) is 0 Å². The number of rotatable bonds is 4. The predicted molar refractivity (Wildman–Crippen MR) is 81.4 cm³/mol. The highest BCUT2D eigenvalue weighted by Gasteiger charge is 2.34. The molecular formula is C15H19N3O2S. The third-order valence-corrected chi connectivity index (χ3v) is 5.00. The van der Waals surface area contributed by atoms with Gasteiger partial charge in [-0.2, -0.15) is 5.10 Å². The molecule has 1 atom stereocenters. The van der Waals surface area contributed by atoms with E-state index in [1.807, 2.05) is 34.3 Å². The molecule has 2 aromatic heterocycles. The Bertz CT molecular complexity index is 662. The second kappa shape index (κ2) is 5.61. The summed E-state index contributed by atoms with van der Waals surface area (Å²) in [6.45, 7) is 3.50. The van der Waals surface area contributed by atoms with E-state index in [0.717, 1.165) is 36.2 Å². The highest BCUT2D eigenvalue weighted by atomic mass is 32.1. The highest BCUT2D eigenvalue weighted by molar-refractivity contribution is 7.10. The molecule has 0 spiro atoms. The quantitative estimate of drug-likeness (QED) is 0.941. The number of carboxylic acid groups (broad SMARTS) is 1. The fourth-order valence-electron chi connectivity index (χ4n) is 3.06. The number of carboxylic acids is 1. The summed E-state index contributed by atoms with van der Waals surface area (Å²) in [5, 5.41) is 16.1. The Hall–Kier alpha value is -1.66. The first-order valence-corrected chi connectivity index (χ1v) is 8.02. The summed E-state index contributed by atoms with van der Waals surface area (Å²) in [5.74, 6) is -0.767. The fraction of sp³-hybridized carbons (Fsp3) is 0.467. The number of hydrogen-bond donors (Lipinski definition) is 1. The SMILES string of the molecule is CCc1nn(C)cc1CN1CCc2sccc2C1C(=O)O. The Kier molecular flexibility index (Phi) is 3.82. The van der Waals surface area contributed by atoms with Crippen molar-refractivity contribution in [3.05, 3.63) is 39.3 Å². The van der Waals surface area contributed by atoms with Crippen LogP contribution in [0.4, 0.5) is 0 Å². The van der Waals surface area contributed by atoms with Crippen molar-refractivity contribution in [2.75, 3.05) is 6.54 Å². The summed E-state index contributed by atoms with van der Waals surface area (Å²) in [4.78, 5) is 15.0. The first kappa shape index (κ1) is 14.3. The number of aliphatic carboxylic acids is 1. The summed E-state index contributed by atoms with van der Waals surface area (Å²) in [7, 11) is 1.91. The summed E-state index contributed by atoms with van der Waals surface area (Å²) < 4.78 is 1.81. The number of thiophene rings is 1. The van der Waals surface area contributed by atoms with Crippen molar-refractivity contribution >= 4 is 17.3 Å². The van der Waals surface area contributed by atoms with Crippen molar-refractivity contribution in [2.24, 2.45) is 7.05 Å². The first-order valence-electron chi connectivity index (χ1n) is 7.14. The van der Waals surface area contributed by atoms with E-state index >= 15 is 0 Å². The van der Waals surface area contributed by atoms with Crippen LogP contribution in [0.5, 0.6) is 0 Å². The minimum atomic E-state index is -0.767. The number of aryl methyl sites for hydroxylation is 2. The highest BCUT2D eigenvalue weighted by Crippen LogP contribution is 2.34. The van der Waals surface area contributed by atoms with Crippen LogP contribution in [0, 0.1) is 0 Å². The summed E-state index contributed by atoms with van der Waals surface area (Å²) in [5.41, 5.74) is 3.14. The molecule has 112 valence electrons. The van der Waals surface area contributed by atoms with Gasteiger partial charge in [0.05, 0.1) is 5.69 Å². The largest absolute Gasteiger partial charge is 0.480 e. The fourth-order valence-corrected chi connectivity index (χ4v) is 3.96. The van der Waals surface area contributed by atoms with Gasteiger partial charge in [-0.25, -0.2) is 0 Å². The van der Waals surface area contributed by atoms with Crippen LogP contribution in [0.1, 0.15) is 34.7 Å². The van der Waals surface area contributed by atoms with Crippen molar-refractivity contribution in [1.29, 1.82) is 0 Å². The van der Waals surface area contributed by atoms with Crippen LogP contribution in [0.15, 0.2) is 17.6 Å². The standard InChI is InChI=1S/C15H19N3O2S/c1-3-12-10(8-17(2)16-12)9-18-6-4-13-11(5-7-21-13)14(18)15(19)20/h5,7-8,14H,3-4,6,9H2,1-2H3,(H,19,20). The van der Waals surface area contributed by atoms with Crippen LogP contribution in [-0.4, -0.2) is 32.3 Å². The second-order valence-electron chi connectivity index (χ2n) is 5.39. The van der Waals surface area contributed by atoms with Gasteiger partial charge in [0.1, 0.15) is 6.04 Å². The summed E-state index contributed by atoms with van der Waals surface area (Å²) >= 11 is 1.66. The van der Waals surface area contributed by atoms with Crippen LogP contribution in [0.2, 0.25) is 0 Å². The van der Waals surface area contributed by atoms with E-state index in [4.69, 9.17) is 0 Å². The molecule has 1 N–H and O–H groups in total. The zero-order valence-electron chi connectivity index (χ0n) is 12.2. The van der Waals surface area contributed by atoms with E-state index in [1.54, 1.807) is 11.3 Å². The molecule has 0 radical (unpaired) electrons. The maximum Gasteiger partial charge on any atom is 0.325 e. The molecule has 1 aliphatic rings. The third kappa shape index (κ3) is 2.61. The average Bonchev–Trinajstić information content (AvgIpc) is 3.04. The Morgan fingerprint density at radius 2 is 2.38 bits per heavy atom. The Morgan fingerprint density at radius 1 is 1.57 bits per heavy atom. The Labute approximate surface area is 127 Å². The zero-order valence-corrected chi connectivity index (χ0v) is 13.1. The Morgan fingerprint density at radius 3 is 3.10 bits per heavy atom. The lowest BCUT2D eigenvalue weighted by Gasteiger charge is -2.33. The van der Waals surface area contributed by atoms with Gasteiger partial charge in [-0.1, -0.05) is 6.92 Å². The van der Waals surface area contributed by atoms with Gasteiger partial charge < -0.3 is 5.11 Å². The van der Waals surface area contributed by atoms with Gasteiger partial charge >= 0.3 is 5.97 Å². The molecule has 2 aromatic rings. The van der Waals surface area contributed by atoms with Gasteiger partial charge in [-0.3, -0.25) is 14.4 Å². The molecule has 0 aliphatic carbocycles. The number of carbonyl (C=O) groups is 1. The molecule has 0 fully saturated rings. The topological polar surface area (TPSA) is 58.4 Å². The van der Waals surface area contributed by atoms with E-state index < -0.39 is 12.0 Å². The minimum absolute atomic E-state index is 0.537. The van der Waals surface area contributed by atoms with Crippen molar-refractivity contribution in [3.8, 4) is 0 Å². The normalized spacial score (nSPS) is 18.7. The van der Waals surface area contributed by atoms with E-state index in [9.17, 15) is 9.90 Å². The van der Waals surface area contributed by atoms with Gasteiger partial charge in [0.2, 0.25) is 0 Å². The number of fused-ring (bicyclic) bond motifs is 1. The molecule has 6 heteroatoms. The molecule has 5 nitrogen and oxygen atoms in total. The predicted octanol–water partition coefficient (Wildman–Crippen LogP) is 2.23. The first-order chi connectivity index (χ1) is 10.1. The van der Waals surface area contributed by atoms with Crippen LogP contribution in [0.25, 0.3) is 0 Å². The molecule has 1 aliphatic heterocycles. The van der Waals surface area contributed by atoms with Gasteiger partial charge in [0, 0.05) is 36.8 Å². The van der Waals surface area contributed by atoms with Gasteiger partial charge in [0.25, 0.3) is 0 Å². The number of nitrogens with zero attached hydrogens (tertiary/aromatic N) is 3. The van der Waals surface area contributed by atoms with Gasteiger partial charge in [-0.05, 0) is 29.9 Å². The van der Waals surface area contributed by atoms with Gasteiger partial charge in [-0.15, -0.1) is 11.3 Å². The molecule has 0 saturated carbocycles. The molecular weight excluding hydrogens is 286 g/mol. The third-order valence-electron chi connectivity index (χ3n) is 4.00. The van der Waals surface area contributed by atoms with Crippen LogP contribution < -0.4 is 0 Å². The Balaban J connectivity index is 1.89. The summed E-state index contributed by atoms with van der Waals surface area (Å²) in [6.07, 6.45) is 3.80. The van der Waals surface area contributed by atoms with Crippen molar-refractivity contribution in [3.63, 3.8) is 0 Å². The van der Waals surface area contributed by atoms with E-state index in [1.165, 1.54) is 4.88 Å². The molecule has 0 saturated heterocycles. The lowest BCUT2D eigenvalue weighted by Crippen LogP contribution is -2.38. The number of hydrogen-bond acceptors (Lipinski definition) is 4. The van der Waals surface area contributed by atoms with Crippen LogP contribution in [0.3, 0.4) is 0 Å². The maximum atomic E-state index is 11.7. The van der Waals surface area contributed by atoms with Crippen molar-refractivity contribution in [2.45, 2.75) is 32.4 Å². The molecule has 21 heavy (non-hydrogen) atoms. The smallest absolute Gasteiger partial charge is 0.325 e. The van der Waals surface area contributed by atoms with Gasteiger partial charge in [0.15, 0.2) is 0 Å². The zero-order chi connectivity index (χ0) is 15.0. The van der Waals surface area contributed by atoms with Crippen LogP contribution >= 0.6 is 11.3 Å². The minimum Gasteiger partial charge on any atom is -0.480 e. The van der Waals surface area contributed by atoms with Crippen molar-refractivity contribution < 1.29 is 9.90 Å². The molecule has 1 unspecified atom stereocenters. The molecule has 3 rings (SSSR count). The lowest BCUT2D eigenvalue weighted by molar-refractivity contribution is -0.144. The summed E-state index contributed by atoms with van der Waals surface area (Å²) in [6, 6.07) is 1.42. The van der Waals surface area contributed by atoms with E-state index in [0.29, 0.717) is 6.54 Å².